The van der Waals surface area contributed by atoms with E-state index in [4.69, 9.17) is 4.74 Å². The molecule has 0 aliphatic heterocycles. The van der Waals surface area contributed by atoms with Crippen LogP contribution in [0.4, 0.5) is 0 Å². The molecule has 0 fully saturated rings. The zero-order chi connectivity index (χ0) is 12.8. The molecule has 2 heterocycles. The fourth-order valence-corrected chi connectivity index (χ4v) is 1.73. The third-order valence-electron chi connectivity index (χ3n) is 2.56. The van der Waals surface area contributed by atoms with Gasteiger partial charge in [0.25, 0.3) is 0 Å². The highest BCUT2D eigenvalue weighted by Gasteiger charge is 2.16. The lowest BCUT2D eigenvalue weighted by atomic mass is 10.1. The molecule has 5 heteroatoms. The number of ether oxygens (including phenoxy) is 1. The molecular formula is C13H16N4O. The molecule has 0 aliphatic rings. The van der Waals surface area contributed by atoms with E-state index in [0.717, 1.165) is 23.7 Å². The Labute approximate surface area is 106 Å². The molecule has 5 nitrogen and oxygen atoms in total. The highest BCUT2D eigenvalue weighted by molar-refractivity contribution is 5.29. The minimum atomic E-state index is -0.0706. The first-order valence-electron chi connectivity index (χ1n) is 5.84. The molecule has 18 heavy (non-hydrogen) atoms. The number of pyridine rings is 1. The first-order valence-corrected chi connectivity index (χ1v) is 5.84. The number of nitrogens with zero attached hydrogens (tertiary/aromatic N) is 3. The summed E-state index contributed by atoms with van der Waals surface area (Å²) in [6.45, 7) is 2.86. The van der Waals surface area contributed by atoms with Crippen LogP contribution in [0.5, 0.6) is 5.75 Å². The van der Waals surface area contributed by atoms with Gasteiger partial charge in [-0.3, -0.25) is 4.98 Å². The molecule has 0 amide bonds. The molecule has 0 aliphatic carbocycles. The van der Waals surface area contributed by atoms with Gasteiger partial charge >= 0.3 is 0 Å². The first kappa shape index (κ1) is 12.4. The van der Waals surface area contributed by atoms with Crippen LogP contribution in [0.15, 0.2) is 36.9 Å². The van der Waals surface area contributed by atoms with Crippen LogP contribution >= 0.6 is 0 Å². The summed E-state index contributed by atoms with van der Waals surface area (Å²) in [5.41, 5.74) is 0.988. The van der Waals surface area contributed by atoms with Crippen LogP contribution in [0.25, 0.3) is 0 Å². The minimum absolute atomic E-state index is 0.0706. The molecule has 1 N–H and O–H groups in total. The van der Waals surface area contributed by atoms with Gasteiger partial charge in [0.05, 0.1) is 19.3 Å². The number of hydrogen-bond donors (Lipinski definition) is 1. The van der Waals surface area contributed by atoms with Gasteiger partial charge in [-0.2, -0.15) is 0 Å². The van der Waals surface area contributed by atoms with Crippen LogP contribution in [0, 0.1) is 0 Å². The lowest BCUT2D eigenvalue weighted by Gasteiger charge is -2.16. The predicted molar refractivity (Wildman–Crippen MR) is 68.3 cm³/mol. The standard InChI is InChI=1S/C13H16N4O/c1-3-15-12(13-16-5-4-6-17-13)10-7-11(18-2)9-14-8-10/h4-9,12,15H,3H2,1-2H3. The summed E-state index contributed by atoms with van der Waals surface area (Å²) in [5.74, 6) is 1.46. The van der Waals surface area contributed by atoms with Crippen molar-refractivity contribution in [2.75, 3.05) is 13.7 Å². The Hall–Kier alpha value is -2.01. The summed E-state index contributed by atoms with van der Waals surface area (Å²) in [7, 11) is 1.63. The molecule has 0 aromatic carbocycles. The Bertz CT molecular complexity index is 489. The van der Waals surface area contributed by atoms with E-state index in [1.807, 2.05) is 13.0 Å². The quantitative estimate of drug-likeness (QED) is 0.865. The lowest BCUT2D eigenvalue weighted by molar-refractivity contribution is 0.411. The van der Waals surface area contributed by atoms with Crippen LogP contribution in [-0.2, 0) is 0 Å². The Morgan fingerprint density at radius 3 is 2.72 bits per heavy atom. The van der Waals surface area contributed by atoms with Crippen LogP contribution in [0.2, 0.25) is 0 Å². The molecule has 0 saturated heterocycles. The second-order valence-corrected chi connectivity index (χ2v) is 3.76. The SMILES string of the molecule is CCNC(c1cncc(OC)c1)c1ncccn1. The number of hydrogen-bond acceptors (Lipinski definition) is 5. The van der Waals surface area contributed by atoms with Crippen molar-refractivity contribution in [2.24, 2.45) is 0 Å². The maximum Gasteiger partial charge on any atom is 0.149 e. The largest absolute Gasteiger partial charge is 0.495 e. The maximum atomic E-state index is 5.19. The van der Waals surface area contributed by atoms with Gasteiger partial charge in [-0.15, -0.1) is 0 Å². The number of aromatic nitrogens is 3. The Kier molecular flexibility index (Phi) is 4.20. The molecule has 94 valence electrons. The fourth-order valence-electron chi connectivity index (χ4n) is 1.73. The predicted octanol–water partition coefficient (Wildman–Crippen LogP) is 1.58. The Morgan fingerprint density at radius 1 is 1.28 bits per heavy atom. The van der Waals surface area contributed by atoms with E-state index in [0.29, 0.717) is 0 Å². The monoisotopic (exact) mass is 244 g/mol. The average molecular weight is 244 g/mol. The van der Waals surface area contributed by atoms with E-state index in [1.165, 1.54) is 0 Å². The summed E-state index contributed by atoms with van der Waals surface area (Å²) in [6, 6.07) is 3.67. The normalized spacial score (nSPS) is 12.1. The van der Waals surface area contributed by atoms with E-state index in [1.54, 1.807) is 38.0 Å². The highest BCUT2D eigenvalue weighted by Crippen LogP contribution is 2.21. The van der Waals surface area contributed by atoms with Gasteiger partial charge in [-0.25, -0.2) is 9.97 Å². The van der Waals surface area contributed by atoms with Crippen molar-refractivity contribution in [3.8, 4) is 5.75 Å². The first-order chi connectivity index (χ1) is 8.85. The molecular weight excluding hydrogens is 228 g/mol. The zero-order valence-corrected chi connectivity index (χ0v) is 10.5. The molecule has 2 aromatic heterocycles. The van der Waals surface area contributed by atoms with E-state index < -0.39 is 0 Å². The maximum absolute atomic E-state index is 5.19. The topological polar surface area (TPSA) is 59.9 Å². The minimum Gasteiger partial charge on any atom is -0.495 e. The van der Waals surface area contributed by atoms with Crippen LogP contribution in [0.3, 0.4) is 0 Å². The third-order valence-corrected chi connectivity index (χ3v) is 2.56. The zero-order valence-electron chi connectivity index (χ0n) is 10.5. The summed E-state index contributed by atoms with van der Waals surface area (Å²) >= 11 is 0. The van der Waals surface area contributed by atoms with Gasteiger partial charge < -0.3 is 10.1 Å². The van der Waals surface area contributed by atoms with Crippen LogP contribution < -0.4 is 10.1 Å². The van der Waals surface area contributed by atoms with Crippen molar-refractivity contribution in [1.29, 1.82) is 0 Å². The lowest BCUT2D eigenvalue weighted by Crippen LogP contribution is -2.24. The molecule has 0 saturated carbocycles. The summed E-state index contributed by atoms with van der Waals surface area (Å²) < 4.78 is 5.19. The number of nitrogens with one attached hydrogen (secondary N) is 1. The summed E-state index contributed by atoms with van der Waals surface area (Å²) in [5, 5.41) is 3.35. The molecule has 0 radical (unpaired) electrons. The second kappa shape index (κ2) is 6.07. The van der Waals surface area contributed by atoms with Gasteiger partial charge in [-0.1, -0.05) is 6.92 Å². The molecule has 2 rings (SSSR count). The number of rotatable bonds is 5. The highest BCUT2D eigenvalue weighted by atomic mass is 16.5. The fraction of sp³-hybridized carbons (Fsp3) is 0.308. The third kappa shape index (κ3) is 2.81. The molecule has 1 atom stereocenters. The van der Waals surface area contributed by atoms with Gasteiger partial charge in [0.1, 0.15) is 11.6 Å². The van der Waals surface area contributed by atoms with Gasteiger partial charge in [0.2, 0.25) is 0 Å². The summed E-state index contributed by atoms with van der Waals surface area (Å²) in [6.07, 6.45) is 6.95. The van der Waals surface area contributed by atoms with Crippen LogP contribution in [-0.4, -0.2) is 28.6 Å². The van der Waals surface area contributed by atoms with Gasteiger partial charge in [0.15, 0.2) is 0 Å². The van der Waals surface area contributed by atoms with E-state index in [-0.39, 0.29) is 6.04 Å². The van der Waals surface area contributed by atoms with E-state index in [9.17, 15) is 0 Å². The van der Waals surface area contributed by atoms with Crippen molar-refractivity contribution < 1.29 is 4.74 Å². The molecule has 0 bridgehead atoms. The second-order valence-electron chi connectivity index (χ2n) is 3.76. The van der Waals surface area contributed by atoms with Crippen molar-refractivity contribution in [2.45, 2.75) is 13.0 Å². The number of methoxy groups -OCH3 is 1. The smallest absolute Gasteiger partial charge is 0.149 e. The van der Waals surface area contributed by atoms with Gasteiger partial charge in [-0.05, 0) is 24.2 Å². The van der Waals surface area contributed by atoms with Crippen molar-refractivity contribution >= 4 is 0 Å². The Morgan fingerprint density at radius 2 is 2.06 bits per heavy atom. The molecule has 0 spiro atoms. The summed E-state index contributed by atoms with van der Waals surface area (Å²) in [4.78, 5) is 12.7. The van der Waals surface area contributed by atoms with Crippen LogP contribution in [0.1, 0.15) is 24.4 Å². The molecule has 1 unspecified atom stereocenters. The average Bonchev–Trinajstić information content (AvgIpc) is 2.46. The van der Waals surface area contributed by atoms with Crippen molar-refractivity contribution in [3.05, 3.63) is 48.3 Å². The Balaban J connectivity index is 2.35. The van der Waals surface area contributed by atoms with E-state index in [2.05, 4.69) is 20.3 Å². The van der Waals surface area contributed by atoms with E-state index >= 15 is 0 Å². The molecule has 2 aromatic rings. The van der Waals surface area contributed by atoms with Gasteiger partial charge in [0, 0.05) is 18.6 Å². The van der Waals surface area contributed by atoms with Crippen molar-refractivity contribution in [3.63, 3.8) is 0 Å². The van der Waals surface area contributed by atoms with Crippen molar-refractivity contribution in [1.82, 2.24) is 20.3 Å².